The lowest BCUT2D eigenvalue weighted by Crippen LogP contribution is -1.87. The normalized spacial score (nSPS) is 11.3. The highest BCUT2D eigenvalue weighted by molar-refractivity contribution is 6.31. The summed E-state index contributed by atoms with van der Waals surface area (Å²) in [6, 6.07) is 7.79. The molecule has 2 aromatic heterocycles. The lowest BCUT2D eigenvalue weighted by molar-refractivity contribution is 1.01. The maximum atomic E-state index is 5.93. The summed E-state index contributed by atoms with van der Waals surface area (Å²) in [5.41, 5.74) is 0.877. The van der Waals surface area contributed by atoms with E-state index in [1.165, 1.54) is 0 Å². The number of nitrogens with zero attached hydrogens (tertiary/aromatic N) is 3. The number of hydrogen-bond acceptors (Lipinski definition) is 2. The first-order chi connectivity index (χ1) is 7.25. The van der Waals surface area contributed by atoms with E-state index in [0.29, 0.717) is 0 Å². The van der Waals surface area contributed by atoms with Crippen molar-refractivity contribution < 1.29 is 0 Å². The van der Waals surface area contributed by atoms with Crippen molar-refractivity contribution in [2.24, 2.45) is 0 Å². The monoisotopic (exact) mass is 217 g/mol. The smallest absolute Gasteiger partial charge is 0.168 e. The second kappa shape index (κ2) is 2.94. The highest BCUT2D eigenvalue weighted by Gasteiger charge is 2.05. The molecule has 0 N–H and O–H groups in total. The van der Waals surface area contributed by atoms with Gasteiger partial charge in [0.25, 0.3) is 0 Å². The van der Waals surface area contributed by atoms with Crippen LogP contribution >= 0.6 is 11.6 Å². The van der Waals surface area contributed by atoms with Crippen molar-refractivity contribution in [2.45, 2.75) is 6.92 Å². The van der Waals surface area contributed by atoms with Gasteiger partial charge in [-0.3, -0.25) is 4.40 Å². The zero-order valence-electron chi connectivity index (χ0n) is 8.11. The molecule has 3 aromatic rings. The van der Waals surface area contributed by atoms with Gasteiger partial charge in [0.1, 0.15) is 5.82 Å². The van der Waals surface area contributed by atoms with Crippen LogP contribution in [0.15, 0.2) is 30.5 Å². The van der Waals surface area contributed by atoms with Gasteiger partial charge in [0.15, 0.2) is 5.65 Å². The van der Waals surface area contributed by atoms with Gasteiger partial charge < -0.3 is 0 Å². The maximum Gasteiger partial charge on any atom is 0.168 e. The lowest BCUT2D eigenvalue weighted by Gasteiger charge is -2.00. The number of rotatable bonds is 0. The van der Waals surface area contributed by atoms with Crippen LogP contribution in [0.4, 0.5) is 0 Å². The predicted octanol–water partition coefficient (Wildman–Crippen LogP) is 2.84. The lowest BCUT2D eigenvalue weighted by atomic mass is 10.2. The molecule has 3 nitrogen and oxygen atoms in total. The number of aromatic nitrogens is 3. The van der Waals surface area contributed by atoms with Gasteiger partial charge >= 0.3 is 0 Å². The van der Waals surface area contributed by atoms with Crippen LogP contribution in [0.3, 0.4) is 0 Å². The van der Waals surface area contributed by atoms with E-state index in [-0.39, 0.29) is 0 Å². The van der Waals surface area contributed by atoms with Crippen LogP contribution < -0.4 is 0 Å². The van der Waals surface area contributed by atoms with E-state index in [1.54, 1.807) is 0 Å². The Morgan fingerprint density at radius 1 is 1.20 bits per heavy atom. The Morgan fingerprint density at radius 3 is 2.93 bits per heavy atom. The molecular formula is C11H8ClN3. The fraction of sp³-hybridized carbons (Fsp3) is 0.0909. The minimum absolute atomic E-state index is 0.739. The third-order valence-electron chi connectivity index (χ3n) is 2.52. The summed E-state index contributed by atoms with van der Waals surface area (Å²) < 4.78 is 1.97. The molecule has 0 spiro atoms. The van der Waals surface area contributed by atoms with Gasteiger partial charge in [-0.15, -0.1) is 10.2 Å². The minimum atomic E-state index is 0.739. The SMILES string of the molecule is Cc1nnc2c3ccc(Cl)cc3ccn12. The molecule has 0 fully saturated rings. The quantitative estimate of drug-likeness (QED) is 0.580. The van der Waals surface area contributed by atoms with Crippen molar-refractivity contribution in [3.05, 3.63) is 41.3 Å². The van der Waals surface area contributed by atoms with Crippen molar-refractivity contribution in [3.63, 3.8) is 0 Å². The Kier molecular flexibility index (Phi) is 1.70. The molecule has 0 aliphatic carbocycles. The third kappa shape index (κ3) is 1.20. The molecule has 4 heteroatoms. The van der Waals surface area contributed by atoms with E-state index in [2.05, 4.69) is 10.2 Å². The summed E-state index contributed by atoms with van der Waals surface area (Å²) >= 11 is 5.93. The fourth-order valence-corrected chi connectivity index (χ4v) is 1.94. The van der Waals surface area contributed by atoms with Crippen molar-refractivity contribution in [1.29, 1.82) is 0 Å². The standard InChI is InChI=1S/C11H8ClN3/c1-7-13-14-11-10-3-2-9(12)6-8(10)4-5-15(7)11/h2-6H,1H3. The first-order valence-electron chi connectivity index (χ1n) is 4.65. The van der Waals surface area contributed by atoms with Gasteiger partial charge in [0.05, 0.1) is 0 Å². The molecule has 74 valence electrons. The Labute approximate surface area is 91.3 Å². The summed E-state index contributed by atoms with van der Waals surface area (Å²) in [5.74, 6) is 0.891. The first-order valence-corrected chi connectivity index (χ1v) is 5.03. The summed E-state index contributed by atoms with van der Waals surface area (Å²) in [4.78, 5) is 0. The number of aryl methyl sites for hydroxylation is 1. The average Bonchev–Trinajstić information content (AvgIpc) is 2.60. The first kappa shape index (κ1) is 8.68. The average molecular weight is 218 g/mol. The van der Waals surface area contributed by atoms with E-state index in [9.17, 15) is 0 Å². The molecule has 0 unspecified atom stereocenters. The number of pyridine rings is 1. The molecule has 0 radical (unpaired) electrons. The molecule has 0 aliphatic heterocycles. The molecule has 0 atom stereocenters. The molecule has 0 amide bonds. The van der Waals surface area contributed by atoms with Gasteiger partial charge in [-0.25, -0.2) is 0 Å². The second-order valence-electron chi connectivity index (χ2n) is 3.49. The maximum absolute atomic E-state index is 5.93. The third-order valence-corrected chi connectivity index (χ3v) is 2.76. The number of benzene rings is 1. The van der Waals surface area contributed by atoms with E-state index < -0.39 is 0 Å². The highest BCUT2D eigenvalue weighted by Crippen LogP contribution is 2.22. The Hall–Kier alpha value is -1.61. The van der Waals surface area contributed by atoms with E-state index in [0.717, 1.165) is 27.3 Å². The number of halogens is 1. The van der Waals surface area contributed by atoms with Gasteiger partial charge in [-0.05, 0) is 36.6 Å². The summed E-state index contributed by atoms with van der Waals surface area (Å²) in [5, 5.41) is 11.1. The van der Waals surface area contributed by atoms with Gasteiger partial charge in [0.2, 0.25) is 0 Å². The van der Waals surface area contributed by atoms with Gasteiger partial charge in [-0.1, -0.05) is 11.6 Å². The molecule has 0 saturated carbocycles. The second-order valence-corrected chi connectivity index (χ2v) is 3.92. The molecule has 15 heavy (non-hydrogen) atoms. The largest absolute Gasteiger partial charge is 0.286 e. The molecule has 1 aromatic carbocycles. The Balaban J connectivity index is 2.55. The molecule has 0 bridgehead atoms. The minimum Gasteiger partial charge on any atom is -0.286 e. The van der Waals surface area contributed by atoms with Crippen LogP contribution in [-0.2, 0) is 0 Å². The fourth-order valence-electron chi connectivity index (χ4n) is 1.76. The van der Waals surface area contributed by atoms with Crippen LogP contribution in [0.1, 0.15) is 5.82 Å². The van der Waals surface area contributed by atoms with Crippen LogP contribution in [0, 0.1) is 6.92 Å². The van der Waals surface area contributed by atoms with Crippen LogP contribution in [-0.4, -0.2) is 14.6 Å². The summed E-state index contributed by atoms with van der Waals surface area (Å²) in [6.07, 6.45) is 1.96. The summed E-state index contributed by atoms with van der Waals surface area (Å²) in [6.45, 7) is 1.93. The van der Waals surface area contributed by atoms with Crippen molar-refractivity contribution in [1.82, 2.24) is 14.6 Å². The molecule has 2 heterocycles. The Morgan fingerprint density at radius 2 is 2.07 bits per heavy atom. The van der Waals surface area contributed by atoms with Crippen LogP contribution in [0.2, 0.25) is 5.02 Å². The van der Waals surface area contributed by atoms with Gasteiger partial charge in [0, 0.05) is 16.6 Å². The number of hydrogen-bond donors (Lipinski definition) is 0. The zero-order valence-corrected chi connectivity index (χ0v) is 8.86. The number of fused-ring (bicyclic) bond motifs is 3. The van der Waals surface area contributed by atoms with Gasteiger partial charge in [-0.2, -0.15) is 0 Å². The molecule has 0 saturated heterocycles. The molecular weight excluding hydrogens is 210 g/mol. The van der Waals surface area contributed by atoms with Crippen LogP contribution in [0.25, 0.3) is 16.4 Å². The molecule has 0 aliphatic rings. The van der Waals surface area contributed by atoms with E-state index in [1.807, 2.05) is 41.8 Å². The van der Waals surface area contributed by atoms with Crippen LogP contribution in [0.5, 0.6) is 0 Å². The van der Waals surface area contributed by atoms with E-state index in [4.69, 9.17) is 11.6 Å². The topological polar surface area (TPSA) is 30.2 Å². The summed E-state index contributed by atoms with van der Waals surface area (Å²) in [7, 11) is 0. The zero-order chi connectivity index (χ0) is 10.4. The Bertz CT molecular complexity index is 657. The highest BCUT2D eigenvalue weighted by atomic mass is 35.5. The van der Waals surface area contributed by atoms with E-state index >= 15 is 0 Å². The van der Waals surface area contributed by atoms with Crippen molar-refractivity contribution in [2.75, 3.05) is 0 Å². The predicted molar refractivity (Wildman–Crippen MR) is 60.2 cm³/mol. The molecule has 3 rings (SSSR count). The van der Waals surface area contributed by atoms with Crippen molar-refractivity contribution >= 4 is 28.0 Å². The van der Waals surface area contributed by atoms with Crippen molar-refractivity contribution in [3.8, 4) is 0 Å².